The van der Waals surface area contributed by atoms with Crippen LogP contribution >= 0.6 is 0 Å². The summed E-state index contributed by atoms with van der Waals surface area (Å²) in [5.74, 6) is -1.04. The summed E-state index contributed by atoms with van der Waals surface area (Å²) in [6, 6.07) is 5.72. The average Bonchev–Trinajstić information content (AvgIpc) is 2.26. The number of carboxylic acids is 1. The van der Waals surface area contributed by atoms with E-state index in [1.807, 2.05) is 0 Å². The molecule has 1 N–H and O–H groups in total. The Morgan fingerprint density at radius 1 is 1.17 bits per heavy atom. The predicted octanol–water partition coefficient (Wildman–Crippen LogP) is 1.95. The van der Waals surface area contributed by atoms with E-state index in [1.165, 1.54) is 35.6 Å². The Balaban J connectivity index is 3.13. The Labute approximate surface area is 107 Å². The Hall–Kier alpha value is -1.56. The second-order valence-electron chi connectivity index (χ2n) is 4.94. The first kappa shape index (κ1) is 14.5. The van der Waals surface area contributed by atoms with E-state index >= 15 is 0 Å². The smallest absolute Gasteiger partial charge is 0.335 e. The van der Waals surface area contributed by atoms with Crippen molar-refractivity contribution < 1.29 is 18.3 Å². The van der Waals surface area contributed by atoms with Gasteiger partial charge < -0.3 is 5.11 Å². The molecule has 0 saturated heterocycles. The van der Waals surface area contributed by atoms with E-state index in [1.54, 1.807) is 20.8 Å². The summed E-state index contributed by atoms with van der Waals surface area (Å²) in [4.78, 5) is 10.7. The van der Waals surface area contributed by atoms with Gasteiger partial charge in [-0.25, -0.2) is 13.2 Å². The molecule has 6 heteroatoms. The maximum atomic E-state index is 12.2. The van der Waals surface area contributed by atoms with E-state index in [2.05, 4.69) is 0 Å². The highest BCUT2D eigenvalue weighted by atomic mass is 32.2. The van der Waals surface area contributed by atoms with Crippen LogP contribution in [0.5, 0.6) is 0 Å². The van der Waals surface area contributed by atoms with Crippen LogP contribution in [-0.2, 0) is 10.0 Å². The van der Waals surface area contributed by atoms with Crippen LogP contribution in [0.3, 0.4) is 0 Å². The molecule has 0 unspecified atom stereocenters. The zero-order valence-corrected chi connectivity index (χ0v) is 11.7. The highest BCUT2D eigenvalue weighted by Crippen LogP contribution is 2.25. The Morgan fingerprint density at radius 3 is 1.94 bits per heavy atom. The summed E-state index contributed by atoms with van der Waals surface area (Å²) < 4.78 is 24.6. The number of anilines is 1. The number of carbonyl (C=O) groups is 1. The summed E-state index contributed by atoms with van der Waals surface area (Å²) >= 11 is 0. The van der Waals surface area contributed by atoms with Gasteiger partial charge in [-0.15, -0.1) is 0 Å². The molecule has 0 fully saturated rings. The standard InChI is InChI=1S/C12H17NO4S/c1-12(2,3)18(16,17)13(4)10-7-5-9(6-8-10)11(14)15/h5-8H,1-4H3,(H,14,15). The lowest BCUT2D eigenvalue weighted by Gasteiger charge is -2.28. The number of rotatable bonds is 3. The van der Waals surface area contributed by atoms with Crippen LogP contribution in [0.2, 0.25) is 0 Å². The van der Waals surface area contributed by atoms with Crippen LogP contribution in [-0.4, -0.2) is 31.3 Å². The second kappa shape index (κ2) is 4.61. The van der Waals surface area contributed by atoms with Gasteiger partial charge >= 0.3 is 5.97 Å². The van der Waals surface area contributed by atoms with Gasteiger partial charge in [0.15, 0.2) is 0 Å². The minimum atomic E-state index is -3.48. The van der Waals surface area contributed by atoms with E-state index in [-0.39, 0.29) is 5.56 Å². The normalized spacial score (nSPS) is 12.2. The van der Waals surface area contributed by atoms with Crippen molar-refractivity contribution in [2.75, 3.05) is 11.4 Å². The van der Waals surface area contributed by atoms with Gasteiger partial charge in [-0.05, 0) is 45.0 Å². The summed E-state index contributed by atoms with van der Waals surface area (Å²) in [5, 5.41) is 8.77. The first-order valence-corrected chi connectivity index (χ1v) is 6.83. The van der Waals surface area contributed by atoms with Gasteiger partial charge in [0.1, 0.15) is 0 Å². The van der Waals surface area contributed by atoms with E-state index < -0.39 is 20.7 Å². The molecular formula is C12H17NO4S. The molecule has 0 aliphatic carbocycles. The number of aromatic carboxylic acids is 1. The molecule has 0 aliphatic heterocycles. The topological polar surface area (TPSA) is 74.7 Å². The van der Waals surface area contributed by atoms with E-state index in [4.69, 9.17) is 5.11 Å². The molecule has 0 aliphatic rings. The van der Waals surface area contributed by atoms with Crippen LogP contribution < -0.4 is 4.31 Å². The molecule has 0 heterocycles. The SMILES string of the molecule is CN(c1ccc(C(=O)O)cc1)S(=O)(=O)C(C)(C)C. The summed E-state index contributed by atoms with van der Waals surface area (Å²) in [6.45, 7) is 4.85. The molecule has 1 rings (SSSR count). The Bertz CT molecular complexity index is 540. The van der Waals surface area contributed by atoms with Crippen LogP contribution in [0.1, 0.15) is 31.1 Å². The fraction of sp³-hybridized carbons (Fsp3) is 0.417. The maximum absolute atomic E-state index is 12.2. The molecule has 0 bridgehead atoms. The summed E-state index contributed by atoms with van der Waals surface area (Å²) in [6.07, 6.45) is 0. The van der Waals surface area contributed by atoms with Crippen molar-refractivity contribution in [2.45, 2.75) is 25.5 Å². The predicted molar refractivity (Wildman–Crippen MR) is 70.5 cm³/mol. The molecule has 100 valence electrons. The van der Waals surface area contributed by atoms with Crippen molar-refractivity contribution in [3.63, 3.8) is 0 Å². The van der Waals surface area contributed by atoms with Crippen LogP contribution in [0.4, 0.5) is 5.69 Å². The third kappa shape index (κ3) is 2.64. The van der Waals surface area contributed by atoms with Gasteiger partial charge in [-0.2, -0.15) is 0 Å². The average molecular weight is 271 g/mol. The third-order valence-electron chi connectivity index (χ3n) is 2.61. The first-order chi connectivity index (χ1) is 8.07. The monoisotopic (exact) mass is 271 g/mol. The van der Waals surface area contributed by atoms with Crippen LogP contribution in [0, 0.1) is 0 Å². The van der Waals surface area contributed by atoms with Crippen molar-refractivity contribution in [1.82, 2.24) is 0 Å². The van der Waals surface area contributed by atoms with E-state index in [9.17, 15) is 13.2 Å². The lowest BCUT2D eigenvalue weighted by atomic mass is 10.2. The number of hydrogen-bond donors (Lipinski definition) is 1. The minimum Gasteiger partial charge on any atom is -0.478 e. The molecule has 0 saturated carbocycles. The Morgan fingerprint density at radius 2 is 1.61 bits per heavy atom. The second-order valence-corrected chi connectivity index (χ2v) is 7.66. The van der Waals surface area contributed by atoms with Crippen LogP contribution in [0.15, 0.2) is 24.3 Å². The number of carboxylic acid groups (broad SMARTS) is 1. The number of sulfonamides is 1. The van der Waals surface area contributed by atoms with Gasteiger partial charge in [0.05, 0.1) is 16.0 Å². The van der Waals surface area contributed by atoms with Crippen molar-refractivity contribution in [3.05, 3.63) is 29.8 Å². The van der Waals surface area contributed by atoms with Gasteiger partial charge in [-0.3, -0.25) is 4.31 Å². The van der Waals surface area contributed by atoms with Crippen molar-refractivity contribution >= 4 is 21.7 Å². The fourth-order valence-electron chi connectivity index (χ4n) is 1.36. The Kier molecular flexibility index (Phi) is 3.71. The molecule has 0 amide bonds. The number of hydrogen-bond acceptors (Lipinski definition) is 3. The highest BCUT2D eigenvalue weighted by molar-refractivity contribution is 7.94. The molecule has 0 aromatic heterocycles. The lowest BCUT2D eigenvalue weighted by molar-refractivity contribution is 0.0697. The molecule has 0 radical (unpaired) electrons. The maximum Gasteiger partial charge on any atom is 0.335 e. The third-order valence-corrected chi connectivity index (χ3v) is 5.09. The van der Waals surface area contributed by atoms with E-state index in [0.29, 0.717) is 5.69 Å². The highest BCUT2D eigenvalue weighted by Gasteiger charge is 2.33. The zero-order valence-electron chi connectivity index (χ0n) is 10.8. The van der Waals surface area contributed by atoms with Gasteiger partial charge in [-0.1, -0.05) is 0 Å². The van der Waals surface area contributed by atoms with E-state index in [0.717, 1.165) is 0 Å². The molecule has 1 aromatic rings. The molecule has 18 heavy (non-hydrogen) atoms. The summed E-state index contributed by atoms with van der Waals surface area (Å²) in [7, 11) is -2.02. The molecule has 5 nitrogen and oxygen atoms in total. The van der Waals surface area contributed by atoms with Crippen molar-refractivity contribution in [1.29, 1.82) is 0 Å². The van der Waals surface area contributed by atoms with Crippen molar-refractivity contribution in [3.8, 4) is 0 Å². The molecule has 0 spiro atoms. The number of benzene rings is 1. The quantitative estimate of drug-likeness (QED) is 0.911. The van der Waals surface area contributed by atoms with Crippen molar-refractivity contribution in [2.24, 2.45) is 0 Å². The zero-order chi connectivity index (χ0) is 14.1. The largest absolute Gasteiger partial charge is 0.478 e. The minimum absolute atomic E-state index is 0.125. The van der Waals surface area contributed by atoms with Crippen LogP contribution in [0.25, 0.3) is 0 Å². The molecule has 0 atom stereocenters. The molecular weight excluding hydrogens is 254 g/mol. The van der Waals surface area contributed by atoms with Gasteiger partial charge in [0.25, 0.3) is 0 Å². The van der Waals surface area contributed by atoms with Gasteiger partial charge in [0, 0.05) is 7.05 Å². The van der Waals surface area contributed by atoms with Gasteiger partial charge in [0.2, 0.25) is 10.0 Å². The molecule has 1 aromatic carbocycles. The lowest BCUT2D eigenvalue weighted by Crippen LogP contribution is -2.40. The first-order valence-electron chi connectivity index (χ1n) is 5.39. The fourth-order valence-corrected chi connectivity index (χ4v) is 2.58. The summed E-state index contributed by atoms with van der Waals surface area (Å²) in [5.41, 5.74) is 0.565. The number of nitrogens with zero attached hydrogens (tertiary/aromatic N) is 1.